The van der Waals surface area contributed by atoms with Gasteiger partial charge in [0.2, 0.25) is 0 Å². The number of rotatable bonds is 10. The monoisotopic (exact) mass is 233 g/mol. The SMILES string of the molecule is [O]CCCCCCCCCCc1ccccc1. The summed E-state index contributed by atoms with van der Waals surface area (Å²) in [4.78, 5) is 0. The molecule has 0 amide bonds. The van der Waals surface area contributed by atoms with Gasteiger partial charge in [-0.3, -0.25) is 0 Å². The molecule has 0 saturated carbocycles. The van der Waals surface area contributed by atoms with E-state index >= 15 is 0 Å². The van der Waals surface area contributed by atoms with Crippen molar-refractivity contribution in [2.75, 3.05) is 6.61 Å². The van der Waals surface area contributed by atoms with Crippen LogP contribution >= 0.6 is 0 Å². The van der Waals surface area contributed by atoms with Crippen molar-refractivity contribution in [1.82, 2.24) is 0 Å². The van der Waals surface area contributed by atoms with Gasteiger partial charge in [-0.15, -0.1) is 0 Å². The summed E-state index contributed by atoms with van der Waals surface area (Å²) in [5.41, 5.74) is 1.46. The largest absolute Gasteiger partial charge is 0.237 e. The van der Waals surface area contributed by atoms with Crippen LogP contribution in [0, 0.1) is 0 Å². The van der Waals surface area contributed by atoms with Gasteiger partial charge < -0.3 is 0 Å². The van der Waals surface area contributed by atoms with Crippen molar-refractivity contribution in [3.8, 4) is 0 Å². The average molecular weight is 233 g/mol. The van der Waals surface area contributed by atoms with E-state index in [4.69, 9.17) is 0 Å². The number of hydrogen-bond donors (Lipinski definition) is 0. The van der Waals surface area contributed by atoms with Crippen molar-refractivity contribution in [3.05, 3.63) is 35.9 Å². The molecular formula is C16H25O. The van der Waals surface area contributed by atoms with Gasteiger partial charge in [-0.05, 0) is 24.8 Å². The summed E-state index contributed by atoms with van der Waals surface area (Å²) in [5.74, 6) is 0. The number of unbranched alkanes of at least 4 members (excludes halogenated alkanes) is 7. The van der Waals surface area contributed by atoms with Crippen LogP contribution in [-0.2, 0) is 11.5 Å². The van der Waals surface area contributed by atoms with Gasteiger partial charge in [0.15, 0.2) is 0 Å². The van der Waals surface area contributed by atoms with Gasteiger partial charge in [-0.2, -0.15) is 0 Å². The Bertz CT molecular complexity index is 255. The second kappa shape index (κ2) is 10.3. The number of hydrogen-bond acceptors (Lipinski definition) is 0. The molecule has 1 rings (SSSR count). The van der Waals surface area contributed by atoms with Crippen molar-refractivity contribution >= 4 is 0 Å². The molecule has 0 saturated heterocycles. The summed E-state index contributed by atoms with van der Waals surface area (Å²) >= 11 is 0. The van der Waals surface area contributed by atoms with Crippen molar-refractivity contribution < 1.29 is 5.11 Å². The molecule has 1 nitrogen and oxygen atoms in total. The molecule has 0 heterocycles. The standard InChI is InChI=1S/C16H25O/c17-15-11-6-4-2-1-3-5-8-12-16-13-9-7-10-14-16/h7,9-10,13-14H,1-6,8,11-12,15H2. The van der Waals surface area contributed by atoms with Crippen molar-refractivity contribution in [1.29, 1.82) is 0 Å². The first-order chi connectivity index (χ1) is 8.43. The summed E-state index contributed by atoms with van der Waals surface area (Å²) < 4.78 is 0. The maximum atomic E-state index is 10.2. The summed E-state index contributed by atoms with van der Waals surface area (Å²) in [5, 5.41) is 10.2. The minimum atomic E-state index is 0.108. The third kappa shape index (κ3) is 7.98. The zero-order valence-electron chi connectivity index (χ0n) is 10.9. The smallest absolute Gasteiger partial charge is 0.0822 e. The van der Waals surface area contributed by atoms with Crippen molar-refractivity contribution in [3.63, 3.8) is 0 Å². The third-order valence-corrected chi connectivity index (χ3v) is 3.20. The molecular weight excluding hydrogens is 208 g/mol. The summed E-state index contributed by atoms with van der Waals surface area (Å²) in [7, 11) is 0. The third-order valence-electron chi connectivity index (χ3n) is 3.20. The lowest BCUT2D eigenvalue weighted by atomic mass is 10.0. The predicted molar refractivity (Wildman–Crippen MR) is 72.6 cm³/mol. The van der Waals surface area contributed by atoms with Gasteiger partial charge in [0, 0.05) is 0 Å². The molecule has 0 spiro atoms. The van der Waals surface area contributed by atoms with Crippen LogP contribution in [0.3, 0.4) is 0 Å². The normalized spacial score (nSPS) is 10.6. The molecule has 95 valence electrons. The Morgan fingerprint density at radius 3 is 1.76 bits per heavy atom. The van der Waals surface area contributed by atoms with Gasteiger partial charge >= 0.3 is 0 Å². The fourth-order valence-corrected chi connectivity index (χ4v) is 2.14. The fourth-order valence-electron chi connectivity index (χ4n) is 2.14. The molecule has 0 aliphatic heterocycles. The Kier molecular flexibility index (Phi) is 8.66. The van der Waals surface area contributed by atoms with Crippen LogP contribution in [0.1, 0.15) is 56.9 Å². The molecule has 0 fully saturated rings. The lowest BCUT2D eigenvalue weighted by Gasteiger charge is -2.02. The molecule has 0 atom stereocenters. The van der Waals surface area contributed by atoms with Crippen LogP contribution < -0.4 is 0 Å². The highest BCUT2D eigenvalue weighted by atomic mass is 16.2. The number of aryl methyl sites for hydroxylation is 1. The molecule has 1 aromatic rings. The van der Waals surface area contributed by atoms with Gasteiger partial charge in [0.25, 0.3) is 0 Å². The lowest BCUT2D eigenvalue weighted by Crippen LogP contribution is -1.86. The summed E-state index contributed by atoms with van der Waals surface area (Å²) in [6.07, 6.45) is 11.1. The molecule has 0 aliphatic rings. The molecule has 0 aromatic heterocycles. The van der Waals surface area contributed by atoms with E-state index in [1.165, 1.54) is 50.5 Å². The van der Waals surface area contributed by atoms with E-state index in [0.717, 1.165) is 12.8 Å². The van der Waals surface area contributed by atoms with Gasteiger partial charge in [0.1, 0.15) is 0 Å². The molecule has 0 aliphatic carbocycles. The number of benzene rings is 1. The predicted octanol–water partition coefficient (Wildman–Crippen LogP) is 4.78. The topological polar surface area (TPSA) is 19.9 Å². The summed E-state index contributed by atoms with van der Waals surface area (Å²) in [6.45, 7) is 0.108. The molecule has 1 heteroatoms. The van der Waals surface area contributed by atoms with E-state index in [1.54, 1.807) is 0 Å². The molecule has 1 aromatic carbocycles. The Labute approximate surface area is 106 Å². The first-order valence-electron chi connectivity index (χ1n) is 7.05. The molecule has 0 N–H and O–H groups in total. The minimum absolute atomic E-state index is 0.108. The van der Waals surface area contributed by atoms with Crippen LogP contribution in [0.2, 0.25) is 0 Å². The van der Waals surface area contributed by atoms with E-state index in [0.29, 0.717) is 0 Å². The van der Waals surface area contributed by atoms with E-state index in [1.807, 2.05) is 0 Å². The van der Waals surface area contributed by atoms with E-state index in [-0.39, 0.29) is 6.61 Å². The van der Waals surface area contributed by atoms with Crippen molar-refractivity contribution in [2.45, 2.75) is 57.8 Å². The van der Waals surface area contributed by atoms with Gasteiger partial charge in [0.05, 0.1) is 6.61 Å². The first-order valence-corrected chi connectivity index (χ1v) is 7.05. The van der Waals surface area contributed by atoms with E-state index < -0.39 is 0 Å². The fraction of sp³-hybridized carbons (Fsp3) is 0.625. The van der Waals surface area contributed by atoms with E-state index in [2.05, 4.69) is 30.3 Å². The highest BCUT2D eigenvalue weighted by Crippen LogP contribution is 2.11. The summed E-state index contributed by atoms with van der Waals surface area (Å²) in [6, 6.07) is 10.7. The van der Waals surface area contributed by atoms with E-state index in [9.17, 15) is 5.11 Å². The van der Waals surface area contributed by atoms with Crippen LogP contribution in [0.5, 0.6) is 0 Å². The molecule has 0 bridgehead atoms. The Morgan fingerprint density at radius 2 is 1.18 bits per heavy atom. The first kappa shape index (κ1) is 14.2. The minimum Gasteiger partial charge on any atom is -0.237 e. The Balaban J connectivity index is 1.85. The average Bonchev–Trinajstić information content (AvgIpc) is 2.38. The quantitative estimate of drug-likeness (QED) is 0.518. The maximum Gasteiger partial charge on any atom is 0.0822 e. The second-order valence-corrected chi connectivity index (χ2v) is 4.77. The molecule has 0 unspecified atom stereocenters. The Morgan fingerprint density at radius 1 is 0.647 bits per heavy atom. The Hall–Kier alpha value is -0.820. The van der Waals surface area contributed by atoms with Crippen molar-refractivity contribution in [2.24, 2.45) is 0 Å². The second-order valence-electron chi connectivity index (χ2n) is 4.77. The zero-order chi connectivity index (χ0) is 12.2. The van der Waals surface area contributed by atoms with Gasteiger partial charge in [-0.1, -0.05) is 68.9 Å². The van der Waals surface area contributed by atoms with Crippen LogP contribution in [0.15, 0.2) is 30.3 Å². The highest BCUT2D eigenvalue weighted by Gasteiger charge is 1.94. The maximum absolute atomic E-state index is 10.2. The van der Waals surface area contributed by atoms with Crippen LogP contribution in [0.4, 0.5) is 0 Å². The van der Waals surface area contributed by atoms with Crippen LogP contribution in [0.25, 0.3) is 0 Å². The van der Waals surface area contributed by atoms with Crippen LogP contribution in [-0.4, -0.2) is 6.61 Å². The lowest BCUT2D eigenvalue weighted by molar-refractivity contribution is 0.186. The molecule has 17 heavy (non-hydrogen) atoms. The zero-order valence-corrected chi connectivity index (χ0v) is 10.9. The molecule has 1 radical (unpaired) electrons. The highest BCUT2D eigenvalue weighted by molar-refractivity contribution is 5.14. The van der Waals surface area contributed by atoms with Gasteiger partial charge in [-0.25, -0.2) is 5.11 Å².